The number of hydrogen-bond acceptors (Lipinski definition) is 3. The first-order chi connectivity index (χ1) is 6.68. The highest BCUT2D eigenvalue weighted by atomic mass is 35.5. The SMILES string of the molecule is Cc1ccoc1Cn1ncc(Cl)c1N. The first kappa shape index (κ1) is 9.15. The summed E-state index contributed by atoms with van der Waals surface area (Å²) >= 11 is 5.77. The van der Waals surface area contributed by atoms with E-state index in [1.165, 1.54) is 6.20 Å². The molecule has 2 N–H and O–H groups in total. The Morgan fingerprint density at radius 2 is 2.43 bits per heavy atom. The summed E-state index contributed by atoms with van der Waals surface area (Å²) in [7, 11) is 0. The minimum atomic E-state index is 0.461. The summed E-state index contributed by atoms with van der Waals surface area (Å²) in [4.78, 5) is 0. The summed E-state index contributed by atoms with van der Waals surface area (Å²) in [5, 5.41) is 4.50. The van der Waals surface area contributed by atoms with E-state index < -0.39 is 0 Å². The van der Waals surface area contributed by atoms with Crippen LogP contribution in [0, 0.1) is 6.92 Å². The molecule has 0 radical (unpaired) electrons. The number of nitrogens with zero attached hydrogens (tertiary/aromatic N) is 2. The number of nitrogen functional groups attached to an aromatic ring is 1. The zero-order valence-corrected chi connectivity index (χ0v) is 8.45. The third-order valence-corrected chi connectivity index (χ3v) is 2.39. The van der Waals surface area contributed by atoms with Gasteiger partial charge in [-0.1, -0.05) is 11.6 Å². The third-order valence-electron chi connectivity index (χ3n) is 2.09. The quantitative estimate of drug-likeness (QED) is 0.828. The summed E-state index contributed by atoms with van der Waals surface area (Å²) in [6.07, 6.45) is 3.17. The van der Waals surface area contributed by atoms with Crippen LogP contribution in [0.5, 0.6) is 0 Å². The molecular weight excluding hydrogens is 202 g/mol. The van der Waals surface area contributed by atoms with Crippen molar-refractivity contribution in [3.63, 3.8) is 0 Å². The van der Waals surface area contributed by atoms with E-state index >= 15 is 0 Å². The van der Waals surface area contributed by atoms with Gasteiger partial charge in [0.1, 0.15) is 23.1 Å². The Balaban J connectivity index is 2.27. The smallest absolute Gasteiger partial charge is 0.141 e. The molecule has 0 spiro atoms. The number of anilines is 1. The van der Waals surface area contributed by atoms with Gasteiger partial charge in [-0.05, 0) is 18.6 Å². The van der Waals surface area contributed by atoms with Crippen molar-refractivity contribution in [3.8, 4) is 0 Å². The van der Waals surface area contributed by atoms with Crippen molar-refractivity contribution in [2.75, 3.05) is 5.73 Å². The monoisotopic (exact) mass is 211 g/mol. The number of rotatable bonds is 2. The number of aryl methyl sites for hydroxylation is 1. The minimum absolute atomic E-state index is 0.461. The molecule has 2 aromatic rings. The average molecular weight is 212 g/mol. The van der Waals surface area contributed by atoms with E-state index in [0.717, 1.165) is 11.3 Å². The molecule has 0 aliphatic rings. The van der Waals surface area contributed by atoms with E-state index in [1.807, 2.05) is 13.0 Å². The van der Waals surface area contributed by atoms with Crippen molar-refractivity contribution in [2.24, 2.45) is 0 Å². The summed E-state index contributed by atoms with van der Waals surface area (Å²) in [6, 6.07) is 1.90. The zero-order chi connectivity index (χ0) is 10.1. The van der Waals surface area contributed by atoms with Crippen LogP contribution >= 0.6 is 11.6 Å². The van der Waals surface area contributed by atoms with Gasteiger partial charge in [0.05, 0.1) is 12.5 Å². The van der Waals surface area contributed by atoms with Gasteiger partial charge >= 0.3 is 0 Å². The fourth-order valence-corrected chi connectivity index (χ4v) is 1.34. The molecule has 74 valence electrons. The van der Waals surface area contributed by atoms with Crippen LogP contribution in [0.15, 0.2) is 22.9 Å². The van der Waals surface area contributed by atoms with Crippen LogP contribution < -0.4 is 5.73 Å². The van der Waals surface area contributed by atoms with Crippen molar-refractivity contribution in [1.29, 1.82) is 0 Å². The first-order valence-electron chi connectivity index (χ1n) is 4.18. The maximum absolute atomic E-state index is 5.77. The van der Waals surface area contributed by atoms with E-state index in [-0.39, 0.29) is 0 Å². The van der Waals surface area contributed by atoms with Crippen LogP contribution in [-0.4, -0.2) is 9.78 Å². The predicted octanol–water partition coefficient (Wildman–Crippen LogP) is 2.07. The van der Waals surface area contributed by atoms with Crippen LogP contribution in [-0.2, 0) is 6.54 Å². The lowest BCUT2D eigenvalue weighted by Crippen LogP contribution is -2.05. The fourth-order valence-electron chi connectivity index (χ4n) is 1.20. The second-order valence-corrected chi connectivity index (χ2v) is 3.47. The maximum Gasteiger partial charge on any atom is 0.141 e. The number of hydrogen-bond donors (Lipinski definition) is 1. The Kier molecular flexibility index (Phi) is 2.21. The van der Waals surface area contributed by atoms with Gasteiger partial charge in [-0.15, -0.1) is 0 Å². The van der Waals surface area contributed by atoms with Gasteiger partial charge in [0.25, 0.3) is 0 Å². The second-order valence-electron chi connectivity index (χ2n) is 3.06. The van der Waals surface area contributed by atoms with Crippen molar-refractivity contribution in [2.45, 2.75) is 13.5 Å². The Hall–Kier alpha value is -1.42. The summed E-state index contributed by atoms with van der Waals surface area (Å²) in [5.74, 6) is 1.30. The van der Waals surface area contributed by atoms with Gasteiger partial charge in [0.2, 0.25) is 0 Å². The first-order valence-corrected chi connectivity index (χ1v) is 4.56. The highest BCUT2D eigenvalue weighted by molar-refractivity contribution is 6.32. The van der Waals surface area contributed by atoms with Crippen LogP contribution in [0.1, 0.15) is 11.3 Å². The lowest BCUT2D eigenvalue weighted by atomic mass is 10.3. The summed E-state index contributed by atoms with van der Waals surface area (Å²) in [5.41, 5.74) is 6.78. The van der Waals surface area contributed by atoms with Crippen molar-refractivity contribution in [1.82, 2.24) is 9.78 Å². The largest absolute Gasteiger partial charge is 0.467 e. The molecule has 5 heteroatoms. The second kappa shape index (κ2) is 3.38. The molecular formula is C9H10ClN3O. The van der Waals surface area contributed by atoms with Crippen LogP contribution in [0.25, 0.3) is 0 Å². The molecule has 0 fully saturated rings. The molecule has 2 rings (SSSR count). The van der Waals surface area contributed by atoms with E-state index in [9.17, 15) is 0 Å². The molecule has 0 amide bonds. The van der Waals surface area contributed by atoms with Crippen LogP contribution in [0.4, 0.5) is 5.82 Å². The molecule has 0 saturated heterocycles. The Morgan fingerprint density at radius 1 is 1.64 bits per heavy atom. The molecule has 2 aromatic heterocycles. The van der Waals surface area contributed by atoms with Gasteiger partial charge in [0, 0.05) is 0 Å². The topological polar surface area (TPSA) is 57.0 Å². The zero-order valence-electron chi connectivity index (χ0n) is 7.70. The van der Waals surface area contributed by atoms with Gasteiger partial charge in [0.15, 0.2) is 0 Å². The maximum atomic E-state index is 5.77. The molecule has 0 aromatic carbocycles. The predicted molar refractivity (Wildman–Crippen MR) is 54.2 cm³/mol. The minimum Gasteiger partial charge on any atom is -0.467 e. The van der Waals surface area contributed by atoms with E-state index in [2.05, 4.69) is 5.10 Å². The van der Waals surface area contributed by atoms with Crippen molar-refractivity contribution < 1.29 is 4.42 Å². The van der Waals surface area contributed by atoms with Gasteiger partial charge in [-0.25, -0.2) is 4.68 Å². The van der Waals surface area contributed by atoms with Crippen molar-refractivity contribution >= 4 is 17.4 Å². The van der Waals surface area contributed by atoms with E-state index in [0.29, 0.717) is 17.4 Å². The third kappa shape index (κ3) is 1.48. The molecule has 0 bridgehead atoms. The van der Waals surface area contributed by atoms with E-state index in [1.54, 1.807) is 10.9 Å². The highest BCUT2D eigenvalue weighted by Crippen LogP contribution is 2.19. The molecule has 4 nitrogen and oxygen atoms in total. The normalized spacial score (nSPS) is 10.7. The fraction of sp³-hybridized carbons (Fsp3) is 0.222. The molecule has 2 heterocycles. The standard InChI is InChI=1S/C9H10ClN3O/c1-6-2-3-14-8(6)5-13-9(11)7(10)4-12-13/h2-4H,5,11H2,1H3. The highest BCUT2D eigenvalue weighted by Gasteiger charge is 2.08. The van der Waals surface area contributed by atoms with Gasteiger partial charge in [-0.3, -0.25) is 0 Å². The molecule has 0 atom stereocenters. The molecule has 14 heavy (non-hydrogen) atoms. The molecule has 0 aliphatic heterocycles. The van der Waals surface area contributed by atoms with Gasteiger partial charge in [-0.2, -0.15) is 5.10 Å². The lowest BCUT2D eigenvalue weighted by molar-refractivity contribution is 0.479. The van der Waals surface area contributed by atoms with Crippen LogP contribution in [0.3, 0.4) is 0 Å². The Labute approximate surface area is 86.3 Å². The summed E-state index contributed by atoms with van der Waals surface area (Å²) < 4.78 is 6.88. The van der Waals surface area contributed by atoms with E-state index in [4.69, 9.17) is 21.8 Å². The Morgan fingerprint density at radius 3 is 2.93 bits per heavy atom. The molecule has 0 aliphatic carbocycles. The Bertz CT molecular complexity index is 447. The number of halogens is 1. The van der Waals surface area contributed by atoms with Crippen LogP contribution in [0.2, 0.25) is 5.02 Å². The number of aromatic nitrogens is 2. The molecule has 0 unspecified atom stereocenters. The lowest BCUT2D eigenvalue weighted by Gasteiger charge is -2.02. The average Bonchev–Trinajstić information content (AvgIpc) is 2.68. The summed E-state index contributed by atoms with van der Waals surface area (Å²) in [6.45, 7) is 2.48. The van der Waals surface area contributed by atoms with Crippen molar-refractivity contribution in [3.05, 3.63) is 34.9 Å². The van der Waals surface area contributed by atoms with Gasteiger partial charge < -0.3 is 10.2 Å². The number of furan rings is 1. The number of nitrogens with two attached hydrogens (primary N) is 1. The molecule has 0 saturated carbocycles.